The molecule has 2 aliphatic heterocycles. The zero-order valence-electron chi connectivity index (χ0n) is 11.7. The zero-order chi connectivity index (χ0) is 13.9. The number of hydrogen-bond donors (Lipinski definition) is 1. The highest BCUT2D eigenvalue weighted by Crippen LogP contribution is 2.28. The third-order valence-electron chi connectivity index (χ3n) is 3.94. The van der Waals surface area contributed by atoms with Gasteiger partial charge < -0.3 is 14.6 Å². The van der Waals surface area contributed by atoms with Crippen LogP contribution in [0.25, 0.3) is 0 Å². The highest BCUT2D eigenvalue weighted by Gasteiger charge is 2.25. The summed E-state index contributed by atoms with van der Waals surface area (Å²) in [6, 6.07) is 0. The van der Waals surface area contributed by atoms with Crippen LogP contribution in [0.3, 0.4) is 0 Å². The predicted octanol–water partition coefficient (Wildman–Crippen LogP) is 1.08. The van der Waals surface area contributed by atoms with Gasteiger partial charge in [0.2, 0.25) is 0 Å². The van der Waals surface area contributed by atoms with Gasteiger partial charge in [0.15, 0.2) is 5.16 Å². The molecule has 3 rings (SSSR count). The number of cyclic esters (lactones) is 1. The van der Waals surface area contributed by atoms with Crippen molar-refractivity contribution in [2.45, 2.75) is 42.9 Å². The van der Waals surface area contributed by atoms with E-state index in [4.69, 9.17) is 4.74 Å². The monoisotopic (exact) mass is 296 g/mol. The molecule has 20 heavy (non-hydrogen) atoms. The van der Waals surface area contributed by atoms with E-state index in [0.29, 0.717) is 12.3 Å². The first kappa shape index (κ1) is 13.9. The Hall–Kier alpha value is -1.08. The van der Waals surface area contributed by atoms with Crippen molar-refractivity contribution < 1.29 is 9.53 Å². The van der Waals surface area contributed by atoms with Crippen molar-refractivity contribution in [2.75, 3.05) is 18.8 Å². The first-order valence-corrected chi connectivity index (χ1v) is 8.15. The van der Waals surface area contributed by atoms with Gasteiger partial charge in [0, 0.05) is 25.1 Å². The van der Waals surface area contributed by atoms with Crippen LogP contribution in [-0.2, 0) is 16.6 Å². The summed E-state index contributed by atoms with van der Waals surface area (Å²) in [6.45, 7) is 2.11. The fraction of sp³-hybridized carbons (Fsp3) is 0.769. The minimum absolute atomic E-state index is 0.0338. The number of carbonyl (C=O) groups excluding carboxylic acids is 1. The maximum atomic E-state index is 11.1. The van der Waals surface area contributed by atoms with E-state index in [1.807, 2.05) is 7.05 Å². The van der Waals surface area contributed by atoms with Crippen LogP contribution in [0.5, 0.6) is 0 Å². The second kappa shape index (κ2) is 6.13. The Balaban J connectivity index is 1.59. The van der Waals surface area contributed by atoms with E-state index in [2.05, 4.69) is 20.1 Å². The lowest BCUT2D eigenvalue weighted by atomic mass is 9.97. The van der Waals surface area contributed by atoms with Crippen molar-refractivity contribution >= 4 is 17.7 Å². The average molecular weight is 296 g/mol. The largest absolute Gasteiger partial charge is 0.461 e. The summed E-state index contributed by atoms with van der Waals surface area (Å²) in [5.74, 6) is 2.28. The lowest BCUT2D eigenvalue weighted by Gasteiger charge is -2.21. The highest BCUT2D eigenvalue weighted by atomic mass is 32.2. The van der Waals surface area contributed by atoms with Crippen LogP contribution >= 0.6 is 11.8 Å². The highest BCUT2D eigenvalue weighted by molar-refractivity contribution is 7.99. The fourth-order valence-corrected chi connectivity index (χ4v) is 3.71. The maximum absolute atomic E-state index is 11.1. The van der Waals surface area contributed by atoms with Crippen molar-refractivity contribution in [2.24, 2.45) is 7.05 Å². The van der Waals surface area contributed by atoms with Crippen molar-refractivity contribution in [3.8, 4) is 0 Å². The Morgan fingerprint density at radius 2 is 2.15 bits per heavy atom. The molecular weight excluding hydrogens is 276 g/mol. The van der Waals surface area contributed by atoms with Crippen molar-refractivity contribution in [3.63, 3.8) is 0 Å². The molecule has 110 valence electrons. The predicted molar refractivity (Wildman–Crippen MR) is 75.7 cm³/mol. The van der Waals surface area contributed by atoms with Crippen LogP contribution in [-0.4, -0.2) is 45.7 Å². The number of thioether (sulfide) groups is 1. The Labute approximate surface area is 122 Å². The summed E-state index contributed by atoms with van der Waals surface area (Å²) in [4.78, 5) is 11.1. The summed E-state index contributed by atoms with van der Waals surface area (Å²) >= 11 is 1.63. The van der Waals surface area contributed by atoms with E-state index in [-0.39, 0.29) is 12.1 Å². The van der Waals surface area contributed by atoms with Crippen LogP contribution in [0.4, 0.5) is 0 Å². The molecule has 3 heterocycles. The Morgan fingerprint density at radius 1 is 1.35 bits per heavy atom. The quantitative estimate of drug-likeness (QED) is 0.662. The van der Waals surface area contributed by atoms with Gasteiger partial charge >= 0.3 is 5.97 Å². The molecule has 2 aliphatic rings. The molecule has 0 amide bonds. The molecule has 0 aromatic carbocycles. The average Bonchev–Trinajstić information content (AvgIpc) is 3.04. The molecule has 1 aromatic rings. The van der Waals surface area contributed by atoms with Gasteiger partial charge in [-0.25, -0.2) is 0 Å². The molecule has 0 spiro atoms. The Morgan fingerprint density at radius 3 is 2.85 bits per heavy atom. The van der Waals surface area contributed by atoms with Gasteiger partial charge in [-0.1, -0.05) is 11.8 Å². The number of carbonyl (C=O) groups is 1. The number of nitrogens with one attached hydrogen (secondary N) is 1. The number of ether oxygens (including phenoxy) is 1. The number of piperidine rings is 1. The number of aromatic nitrogens is 3. The molecule has 0 bridgehead atoms. The van der Waals surface area contributed by atoms with Gasteiger partial charge in [0.25, 0.3) is 0 Å². The molecule has 1 N–H and O–H groups in total. The SMILES string of the molecule is Cn1c(SCC2CCC(=O)O2)nnc1C1CCNCC1. The lowest BCUT2D eigenvalue weighted by molar-refractivity contribution is -0.140. The van der Waals surface area contributed by atoms with Gasteiger partial charge in [0.1, 0.15) is 11.9 Å². The molecule has 0 saturated carbocycles. The van der Waals surface area contributed by atoms with E-state index in [1.54, 1.807) is 11.8 Å². The lowest BCUT2D eigenvalue weighted by Crippen LogP contribution is -2.27. The smallest absolute Gasteiger partial charge is 0.306 e. The second-order valence-electron chi connectivity index (χ2n) is 5.39. The van der Waals surface area contributed by atoms with Gasteiger partial charge in [-0.05, 0) is 32.4 Å². The zero-order valence-corrected chi connectivity index (χ0v) is 12.5. The van der Waals surface area contributed by atoms with Crippen molar-refractivity contribution in [1.29, 1.82) is 0 Å². The van der Waals surface area contributed by atoms with E-state index < -0.39 is 0 Å². The molecule has 1 aromatic heterocycles. The second-order valence-corrected chi connectivity index (χ2v) is 6.37. The molecule has 0 aliphatic carbocycles. The summed E-state index contributed by atoms with van der Waals surface area (Å²) in [5, 5.41) is 12.9. The molecule has 2 saturated heterocycles. The number of rotatable bonds is 4. The minimum atomic E-state index is -0.0797. The van der Waals surface area contributed by atoms with Crippen molar-refractivity contribution in [1.82, 2.24) is 20.1 Å². The summed E-state index contributed by atoms with van der Waals surface area (Å²) in [7, 11) is 2.03. The Kier molecular flexibility index (Phi) is 4.26. The molecular formula is C13H20N4O2S. The standard InChI is InChI=1S/C13H20N4O2S/c1-17-12(9-4-6-14-7-5-9)15-16-13(17)20-8-10-2-3-11(18)19-10/h9-10,14H,2-8H2,1H3. The summed E-state index contributed by atoms with van der Waals surface area (Å²) < 4.78 is 7.32. The van der Waals surface area contributed by atoms with Crippen LogP contribution in [0.1, 0.15) is 37.4 Å². The first-order chi connectivity index (χ1) is 9.74. The minimum Gasteiger partial charge on any atom is -0.461 e. The maximum Gasteiger partial charge on any atom is 0.306 e. The van der Waals surface area contributed by atoms with E-state index in [1.165, 1.54) is 0 Å². The third-order valence-corrected chi connectivity index (χ3v) is 5.09. The van der Waals surface area contributed by atoms with E-state index >= 15 is 0 Å². The van der Waals surface area contributed by atoms with E-state index in [9.17, 15) is 4.79 Å². The van der Waals surface area contributed by atoms with Gasteiger partial charge in [-0.3, -0.25) is 4.79 Å². The van der Waals surface area contributed by atoms with Gasteiger partial charge in [0.05, 0.1) is 0 Å². The molecule has 7 heteroatoms. The molecule has 6 nitrogen and oxygen atoms in total. The van der Waals surface area contributed by atoms with Crippen LogP contribution < -0.4 is 5.32 Å². The molecule has 1 atom stereocenters. The number of esters is 1. The number of hydrogen-bond acceptors (Lipinski definition) is 6. The van der Waals surface area contributed by atoms with Crippen molar-refractivity contribution in [3.05, 3.63) is 5.82 Å². The van der Waals surface area contributed by atoms with Crippen LogP contribution in [0.15, 0.2) is 5.16 Å². The summed E-state index contributed by atoms with van der Waals surface area (Å²) in [5.41, 5.74) is 0. The number of nitrogens with zero attached hydrogens (tertiary/aromatic N) is 3. The first-order valence-electron chi connectivity index (χ1n) is 7.16. The van der Waals surface area contributed by atoms with E-state index in [0.717, 1.165) is 49.1 Å². The Bertz CT molecular complexity index is 485. The summed E-state index contributed by atoms with van der Waals surface area (Å²) in [6.07, 6.45) is 3.65. The topological polar surface area (TPSA) is 69.0 Å². The molecule has 1 unspecified atom stereocenters. The molecule has 2 fully saturated rings. The van der Waals surface area contributed by atoms with Crippen LogP contribution in [0.2, 0.25) is 0 Å². The molecule has 0 radical (unpaired) electrons. The normalized spacial score (nSPS) is 24.1. The fourth-order valence-electron chi connectivity index (χ4n) is 2.75. The van der Waals surface area contributed by atoms with Crippen LogP contribution in [0, 0.1) is 0 Å². The third kappa shape index (κ3) is 2.98. The van der Waals surface area contributed by atoms with Gasteiger partial charge in [-0.15, -0.1) is 10.2 Å². The van der Waals surface area contributed by atoms with Gasteiger partial charge in [-0.2, -0.15) is 0 Å².